The zero-order valence-corrected chi connectivity index (χ0v) is 12.7. The van der Waals surface area contributed by atoms with Gasteiger partial charge in [-0.1, -0.05) is 39.3 Å². The van der Waals surface area contributed by atoms with Crippen molar-refractivity contribution in [3.8, 4) is 0 Å². The summed E-state index contributed by atoms with van der Waals surface area (Å²) in [7, 11) is -0.670. The summed E-state index contributed by atoms with van der Waals surface area (Å²) in [6.45, 7) is 14.2. The summed E-state index contributed by atoms with van der Waals surface area (Å²) < 4.78 is 0. The number of nitrogens with one attached hydrogen (secondary N) is 1. The standard InChI is InChI=1S/C10H25NOSi2/c1-11-9(12)8-10(13(2,3)4)14(5,6)7/h10H,8H2,1-7H3,(H,11,12). The van der Waals surface area contributed by atoms with Crippen LogP contribution in [-0.4, -0.2) is 29.1 Å². The second-order valence-corrected chi connectivity index (χ2v) is 17.6. The van der Waals surface area contributed by atoms with Crippen LogP contribution in [0.25, 0.3) is 0 Å². The molecule has 0 aromatic rings. The predicted octanol–water partition coefficient (Wildman–Crippen LogP) is 2.71. The van der Waals surface area contributed by atoms with E-state index < -0.39 is 16.1 Å². The van der Waals surface area contributed by atoms with Gasteiger partial charge in [-0.3, -0.25) is 4.79 Å². The van der Waals surface area contributed by atoms with E-state index in [1.807, 2.05) is 0 Å². The van der Waals surface area contributed by atoms with Crippen LogP contribution < -0.4 is 5.32 Å². The summed E-state index contributed by atoms with van der Waals surface area (Å²) in [5.74, 6) is 0.208. The van der Waals surface area contributed by atoms with Crippen LogP contribution in [0.3, 0.4) is 0 Å². The highest BCUT2D eigenvalue weighted by Crippen LogP contribution is 2.34. The lowest BCUT2D eigenvalue weighted by molar-refractivity contribution is -0.120. The zero-order valence-electron chi connectivity index (χ0n) is 10.7. The molecule has 4 heteroatoms. The van der Waals surface area contributed by atoms with Crippen LogP contribution in [-0.2, 0) is 4.79 Å². The monoisotopic (exact) mass is 231 g/mol. The second-order valence-electron chi connectivity index (χ2n) is 6.16. The third-order valence-electron chi connectivity index (χ3n) is 2.76. The van der Waals surface area contributed by atoms with Crippen LogP contribution in [0, 0.1) is 0 Å². The highest BCUT2D eigenvalue weighted by atomic mass is 28.4. The Hall–Kier alpha value is -0.0962. The lowest BCUT2D eigenvalue weighted by atomic mass is 10.4. The van der Waals surface area contributed by atoms with Gasteiger partial charge in [0.1, 0.15) is 0 Å². The Bertz CT molecular complexity index is 189. The van der Waals surface area contributed by atoms with Gasteiger partial charge in [-0.2, -0.15) is 0 Å². The average molecular weight is 231 g/mol. The molecule has 0 fully saturated rings. The summed E-state index contributed by atoms with van der Waals surface area (Å²) in [5.41, 5.74) is 0. The van der Waals surface area contributed by atoms with E-state index in [-0.39, 0.29) is 5.91 Å². The second kappa shape index (κ2) is 4.62. The van der Waals surface area contributed by atoms with Gasteiger partial charge in [0.05, 0.1) is 0 Å². The highest BCUT2D eigenvalue weighted by molar-refractivity contribution is 6.96. The fraction of sp³-hybridized carbons (Fsp3) is 0.900. The van der Waals surface area contributed by atoms with Crippen molar-refractivity contribution < 1.29 is 4.79 Å². The van der Waals surface area contributed by atoms with Gasteiger partial charge in [-0.25, -0.2) is 0 Å². The van der Waals surface area contributed by atoms with Crippen molar-refractivity contribution >= 4 is 22.1 Å². The molecule has 1 amide bonds. The summed E-state index contributed by atoms with van der Waals surface area (Å²) in [5, 5.41) is 3.42. The molecule has 84 valence electrons. The van der Waals surface area contributed by atoms with Crippen LogP contribution in [0.15, 0.2) is 0 Å². The van der Waals surface area contributed by atoms with Crippen LogP contribution >= 0.6 is 0 Å². The summed E-state index contributed by atoms with van der Waals surface area (Å²) in [4.78, 5) is 11.4. The Morgan fingerprint density at radius 1 is 1.07 bits per heavy atom. The van der Waals surface area contributed by atoms with Gasteiger partial charge in [0.15, 0.2) is 0 Å². The van der Waals surface area contributed by atoms with Crippen molar-refractivity contribution in [1.82, 2.24) is 5.32 Å². The van der Waals surface area contributed by atoms with Gasteiger partial charge in [-0.05, 0) is 5.16 Å². The third kappa shape index (κ3) is 4.42. The normalized spacial score (nSPS) is 13.1. The lowest BCUT2D eigenvalue weighted by Gasteiger charge is -2.37. The van der Waals surface area contributed by atoms with Gasteiger partial charge in [-0.15, -0.1) is 0 Å². The SMILES string of the molecule is CNC(=O)CC([Si](C)(C)C)[Si](C)(C)C. The van der Waals surface area contributed by atoms with E-state index in [9.17, 15) is 4.79 Å². The highest BCUT2D eigenvalue weighted by Gasteiger charge is 2.38. The van der Waals surface area contributed by atoms with Crippen molar-refractivity contribution in [2.24, 2.45) is 0 Å². The molecule has 0 saturated heterocycles. The van der Waals surface area contributed by atoms with Crippen LogP contribution in [0.5, 0.6) is 0 Å². The van der Waals surface area contributed by atoms with E-state index >= 15 is 0 Å². The van der Waals surface area contributed by atoms with Crippen molar-refractivity contribution in [2.75, 3.05) is 7.05 Å². The molecule has 14 heavy (non-hydrogen) atoms. The van der Waals surface area contributed by atoms with E-state index in [0.717, 1.165) is 6.42 Å². The van der Waals surface area contributed by atoms with Gasteiger partial charge < -0.3 is 5.32 Å². The minimum Gasteiger partial charge on any atom is -0.359 e. The maximum Gasteiger partial charge on any atom is 0.219 e. The molecule has 1 N–H and O–H groups in total. The number of carbonyl (C=O) groups is 1. The molecule has 2 nitrogen and oxygen atoms in total. The Balaban J connectivity index is 4.68. The van der Waals surface area contributed by atoms with Crippen LogP contribution in [0.1, 0.15) is 6.42 Å². The molecule has 0 bridgehead atoms. The molecule has 0 aliphatic heterocycles. The van der Waals surface area contributed by atoms with Crippen LogP contribution in [0.2, 0.25) is 44.4 Å². The molecule has 0 heterocycles. The molecule has 0 radical (unpaired) electrons. The van der Waals surface area contributed by atoms with Crippen LogP contribution in [0.4, 0.5) is 0 Å². The molecule has 0 aromatic carbocycles. The topological polar surface area (TPSA) is 29.1 Å². The first-order valence-electron chi connectivity index (χ1n) is 5.29. The number of hydrogen-bond donors (Lipinski definition) is 1. The molecule has 0 aliphatic rings. The van der Waals surface area contributed by atoms with E-state index in [0.29, 0.717) is 5.16 Å². The summed E-state index contributed by atoms with van der Waals surface area (Å²) in [6.07, 6.45) is 0.738. The Kier molecular flexibility index (Phi) is 4.58. The molecular formula is C10H25NOSi2. The number of hydrogen-bond acceptors (Lipinski definition) is 1. The predicted molar refractivity (Wildman–Crippen MR) is 69.1 cm³/mol. The van der Waals surface area contributed by atoms with Crippen molar-refractivity contribution in [2.45, 2.75) is 50.9 Å². The fourth-order valence-corrected chi connectivity index (χ4v) is 14.2. The van der Waals surface area contributed by atoms with Gasteiger partial charge in [0.25, 0.3) is 0 Å². The molecule has 0 atom stereocenters. The first-order valence-corrected chi connectivity index (χ1v) is 12.4. The van der Waals surface area contributed by atoms with Crippen molar-refractivity contribution in [1.29, 1.82) is 0 Å². The fourth-order valence-electron chi connectivity index (χ4n) is 2.20. The minimum absolute atomic E-state index is 0.208. The maximum absolute atomic E-state index is 11.4. The first-order chi connectivity index (χ1) is 6.09. The molecular weight excluding hydrogens is 206 g/mol. The molecule has 0 aromatic heterocycles. The zero-order chi connectivity index (χ0) is 11.6. The largest absolute Gasteiger partial charge is 0.359 e. The van der Waals surface area contributed by atoms with Gasteiger partial charge >= 0.3 is 0 Å². The lowest BCUT2D eigenvalue weighted by Crippen LogP contribution is -2.45. The number of rotatable bonds is 4. The molecule has 0 saturated carbocycles. The maximum atomic E-state index is 11.4. The molecule has 0 spiro atoms. The van der Waals surface area contributed by atoms with Gasteiger partial charge in [0, 0.05) is 29.6 Å². The third-order valence-corrected chi connectivity index (χ3v) is 12.5. The number of carbonyl (C=O) groups excluding carboxylic acids is 1. The summed E-state index contributed by atoms with van der Waals surface area (Å²) >= 11 is 0. The van der Waals surface area contributed by atoms with E-state index in [2.05, 4.69) is 44.6 Å². The van der Waals surface area contributed by atoms with Gasteiger partial charge in [0.2, 0.25) is 5.91 Å². The number of amides is 1. The Morgan fingerprint density at radius 3 is 1.64 bits per heavy atom. The van der Waals surface area contributed by atoms with Crippen molar-refractivity contribution in [3.63, 3.8) is 0 Å². The van der Waals surface area contributed by atoms with E-state index in [1.54, 1.807) is 7.05 Å². The molecule has 0 unspecified atom stereocenters. The quantitative estimate of drug-likeness (QED) is 0.741. The average Bonchev–Trinajstić information content (AvgIpc) is 1.95. The minimum atomic E-state index is -1.20. The Labute approximate surface area is 90.5 Å². The molecule has 0 aliphatic carbocycles. The van der Waals surface area contributed by atoms with E-state index in [4.69, 9.17) is 0 Å². The van der Waals surface area contributed by atoms with Crippen molar-refractivity contribution in [3.05, 3.63) is 0 Å². The smallest absolute Gasteiger partial charge is 0.219 e. The van der Waals surface area contributed by atoms with E-state index in [1.165, 1.54) is 0 Å². The first kappa shape index (κ1) is 13.9. The molecule has 0 rings (SSSR count). The Morgan fingerprint density at radius 2 is 1.43 bits per heavy atom. The summed E-state index contributed by atoms with van der Waals surface area (Å²) in [6, 6.07) is 0.